The topological polar surface area (TPSA) is 53.1 Å². The molecule has 108 valence electrons. The van der Waals surface area contributed by atoms with Gasteiger partial charge in [-0.25, -0.2) is 4.98 Å². The fraction of sp³-hybridized carbons (Fsp3) is 0.800. The summed E-state index contributed by atoms with van der Waals surface area (Å²) in [4.78, 5) is 4.37. The number of rotatable bonds is 6. The largest absolute Gasteiger partial charge is 0.374 e. The van der Waals surface area contributed by atoms with Crippen molar-refractivity contribution in [2.45, 2.75) is 63.5 Å². The summed E-state index contributed by atoms with van der Waals surface area (Å²) in [5.74, 6) is 1.11. The number of ether oxygens (including phenoxy) is 1. The Balaban J connectivity index is 1.95. The lowest BCUT2D eigenvalue weighted by atomic mass is 9.78. The Labute approximate surface area is 116 Å². The third kappa shape index (κ3) is 3.37. The highest BCUT2D eigenvalue weighted by Gasteiger charge is 2.38. The van der Waals surface area contributed by atoms with E-state index in [1.54, 1.807) is 0 Å². The Bertz CT molecular complexity index is 377. The highest BCUT2D eigenvalue weighted by Crippen LogP contribution is 2.35. The highest BCUT2D eigenvalue weighted by molar-refractivity contribution is 4.97. The first-order valence-electron chi connectivity index (χ1n) is 7.53. The van der Waals surface area contributed by atoms with Crippen molar-refractivity contribution in [1.29, 1.82) is 0 Å². The van der Waals surface area contributed by atoms with Crippen LogP contribution in [0.4, 0.5) is 0 Å². The smallest absolute Gasteiger partial charge is 0.108 e. The van der Waals surface area contributed by atoms with E-state index in [1.807, 2.05) is 19.4 Å². The molecule has 2 rings (SSSR count). The molecular formula is C15H27N3O. The summed E-state index contributed by atoms with van der Waals surface area (Å²) in [6.07, 6.45) is 11.8. The molecule has 1 aliphatic rings. The minimum Gasteiger partial charge on any atom is -0.374 e. The third-order valence-corrected chi connectivity index (χ3v) is 4.41. The summed E-state index contributed by atoms with van der Waals surface area (Å²) < 4.78 is 8.15. The van der Waals surface area contributed by atoms with Crippen molar-refractivity contribution in [2.24, 2.45) is 12.8 Å². The van der Waals surface area contributed by atoms with Crippen LogP contribution in [0.15, 0.2) is 12.4 Å². The Morgan fingerprint density at radius 1 is 1.42 bits per heavy atom. The Morgan fingerprint density at radius 2 is 2.16 bits per heavy atom. The van der Waals surface area contributed by atoms with Gasteiger partial charge >= 0.3 is 0 Å². The fourth-order valence-electron chi connectivity index (χ4n) is 3.24. The second-order valence-electron chi connectivity index (χ2n) is 5.66. The van der Waals surface area contributed by atoms with E-state index in [2.05, 4.69) is 16.5 Å². The molecule has 1 aromatic rings. The van der Waals surface area contributed by atoms with Gasteiger partial charge in [-0.1, -0.05) is 19.3 Å². The van der Waals surface area contributed by atoms with E-state index in [-0.39, 0.29) is 11.6 Å². The molecule has 1 heterocycles. The first-order chi connectivity index (χ1) is 9.18. The van der Waals surface area contributed by atoms with Gasteiger partial charge in [-0.2, -0.15) is 0 Å². The summed E-state index contributed by atoms with van der Waals surface area (Å²) in [6.45, 7) is 2.83. The Hall–Kier alpha value is -0.870. The molecule has 1 aromatic heterocycles. The molecule has 1 fully saturated rings. The molecule has 1 unspecified atom stereocenters. The summed E-state index contributed by atoms with van der Waals surface area (Å²) in [5.41, 5.74) is 6.39. The molecule has 0 spiro atoms. The Kier molecular flexibility index (Phi) is 4.99. The van der Waals surface area contributed by atoms with Gasteiger partial charge in [-0.15, -0.1) is 0 Å². The van der Waals surface area contributed by atoms with Crippen molar-refractivity contribution >= 4 is 0 Å². The van der Waals surface area contributed by atoms with E-state index in [0.29, 0.717) is 0 Å². The van der Waals surface area contributed by atoms with Gasteiger partial charge in [0, 0.05) is 38.5 Å². The van der Waals surface area contributed by atoms with Crippen LogP contribution in [0.5, 0.6) is 0 Å². The average molecular weight is 265 g/mol. The number of imidazole rings is 1. The van der Waals surface area contributed by atoms with Gasteiger partial charge in [0.05, 0.1) is 5.60 Å². The monoisotopic (exact) mass is 265 g/mol. The molecule has 1 aliphatic carbocycles. The number of hydrogen-bond donors (Lipinski definition) is 1. The number of nitrogens with zero attached hydrogens (tertiary/aromatic N) is 2. The zero-order valence-electron chi connectivity index (χ0n) is 12.3. The van der Waals surface area contributed by atoms with Crippen LogP contribution in [0, 0.1) is 0 Å². The van der Waals surface area contributed by atoms with Gasteiger partial charge in [-0.3, -0.25) is 0 Å². The van der Waals surface area contributed by atoms with Crippen LogP contribution < -0.4 is 5.73 Å². The van der Waals surface area contributed by atoms with Crippen molar-refractivity contribution in [1.82, 2.24) is 9.55 Å². The average Bonchev–Trinajstić information content (AvgIpc) is 2.83. The van der Waals surface area contributed by atoms with E-state index in [0.717, 1.165) is 38.1 Å². The number of aryl methyl sites for hydroxylation is 2. The van der Waals surface area contributed by atoms with Crippen LogP contribution in [0.1, 0.15) is 51.3 Å². The van der Waals surface area contributed by atoms with Crippen molar-refractivity contribution < 1.29 is 4.74 Å². The molecule has 0 aliphatic heterocycles. The number of aromatic nitrogens is 2. The van der Waals surface area contributed by atoms with E-state index in [4.69, 9.17) is 10.5 Å². The van der Waals surface area contributed by atoms with Gasteiger partial charge < -0.3 is 15.0 Å². The van der Waals surface area contributed by atoms with Crippen molar-refractivity contribution in [3.05, 3.63) is 18.2 Å². The van der Waals surface area contributed by atoms with E-state index >= 15 is 0 Å². The van der Waals surface area contributed by atoms with E-state index in [1.165, 1.54) is 19.3 Å². The minimum atomic E-state index is -0.0852. The van der Waals surface area contributed by atoms with Crippen LogP contribution in [0.2, 0.25) is 0 Å². The van der Waals surface area contributed by atoms with Gasteiger partial charge in [-0.05, 0) is 26.2 Å². The zero-order valence-corrected chi connectivity index (χ0v) is 12.3. The van der Waals surface area contributed by atoms with Crippen LogP contribution in [-0.2, 0) is 18.2 Å². The molecule has 2 N–H and O–H groups in total. The lowest BCUT2D eigenvalue weighted by Crippen LogP contribution is -2.51. The van der Waals surface area contributed by atoms with Crippen LogP contribution >= 0.6 is 0 Å². The Morgan fingerprint density at radius 3 is 2.74 bits per heavy atom. The second kappa shape index (κ2) is 6.53. The molecule has 19 heavy (non-hydrogen) atoms. The van der Waals surface area contributed by atoms with Crippen molar-refractivity contribution in [2.75, 3.05) is 6.61 Å². The molecule has 0 aromatic carbocycles. The van der Waals surface area contributed by atoms with Crippen LogP contribution in [0.25, 0.3) is 0 Å². The predicted molar refractivity (Wildman–Crippen MR) is 76.9 cm³/mol. The summed E-state index contributed by atoms with van der Waals surface area (Å²) in [7, 11) is 2.03. The SMILES string of the molecule is CCOC1(C(N)CCc2nccn2C)CCCCC1. The van der Waals surface area contributed by atoms with Gasteiger partial charge in [0.2, 0.25) is 0 Å². The molecule has 4 nitrogen and oxygen atoms in total. The van der Waals surface area contributed by atoms with Gasteiger partial charge in [0.25, 0.3) is 0 Å². The zero-order chi connectivity index (χ0) is 13.7. The molecule has 0 saturated heterocycles. The molecule has 1 atom stereocenters. The molecule has 0 amide bonds. The molecule has 0 bridgehead atoms. The normalized spacial score (nSPS) is 20.4. The summed E-state index contributed by atoms with van der Waals surface area (Å²) in [6, 6.07) is 0.115. The third-order valence-electron chi connectivity index (χ3n) is 4.41. The first kappa shape index (κ1) is 14.5. The van der Waals surface area contributed by atoms with Crippen LogP contribution in [-0.4, -0.2) is 27.8 Å². The molecule has 1 saturated carbocycles. The summed E-state index contributed by atoms with van der Waals surface area (Å²) >= 11 is 0. The maximum atomic E-state index is 6.47. The van der Waals surface area contributed by atoms with E-state index in [9.17, 15) is 0 Å². The molecule has 0 radical (unpaired) electrons. The predicted octanol–water partition coefficient (Wildman–Crippen LogP) is 2.42. The fourth-order valence-corrected chi connectivity index (χ4v) is 3.24. The first-order valence-corrected chi connectivity index (χ1v) is 7.53. The maximum Gasteiger partial charge on any atom is 0.108 e. The quantitative estimate of drug-likeness (QED) is 0.859. The van der Waals surface area contributed by atoms with E-state index < -0.39 is 0 Å². The van der Waals surface area contributed by atoms with Crippen molar-refractivity contribution in [3.63, 3.8) is 0 Å². The maximum absolute atomic E-state index is 6.47. The minimum absolute atomic E-state index is 0.0852. The molecule has 4 heteroatoms. The second-order valence-corrected chi connectivity index (χ2v) is 5.66. The lowest BCUT2D eigenvalue weighted by molar-refractivity contribution is -0.0833. The standard InChI is InChI=1S/C15H27N3O/c1-3-19-15(9-5-4-6-10-15)13(16)7-8-14-17-11-12-18(14)2/h11-13H,3-10,16H2,1-2H3. The highest BCUT2D eigenvalue weighted by atomic mass is 16.5. The lowest BCUT2D eigenvalue weighted by Gasteiger charge is -2.41. The molecular weight excluding hydrogens is 238 g/mol. The number of hydrogen-bond acceptors (Lipinski definition) is 3. The summed E-state index contributed by atoms with van der Waals surface area (Å²) in [5, 5.41) is 0. The van der Waals surface area contributed by atoms with Crippen molar-refractivity contribution in [3.8, 4) is 0 Å². The van der Waals surface area contributed by atoms with Gasteiger partial charge in [0.15, 0.2) is 0 Å². The van der Waals surface area contributed by atoms with Crippen LogP contribution in [0.3, 0.4) is 0 Å². The number of nitrogens with two attached hydrogens (primary N) is 1. The van der Waals surface area contributed by atoms with Gasteiger partial charge in [0.1, 0.15) is 5.82 Å².